The van der Waals surface area contributed by atoms with Gasteiger partial charge in [0.15, 0.2) is 0 Å². The van der Waals surface area contributed by atoms with Gasteiger partial charge < -0.3 is 14.9 Å². The maximum absolute atomic E-state index is 5.75. The number of nitrogens with two attached hydrogens (primary N) is 1. The molecule has 0 aromatic carbocycles. The van der Waals surface area contributed by atoms with Gasteiger partial charge in [-0.3, -0.25) is 4.90 Å². The number of furan rings is 1. The van der Waals surface area contributed by atoms with E-state index in [1.165, 1.54) is 0 Å². The van der Waals surface area contributed by atoms with E-state index in [0.29, 0.717) is 25.2 Å². The Hall–Kier alpha value is -0.840. The van der Waals surface area contributed by atoms with Crippen molar-refractivity contribution in [2.24, 2.45) is 5.73 Å². The van der Waals surface area contributed by atoms with Crippen molar-refractivity contribution in [3.63, 3.8) is 0 Å². The number of aryl methyl sites for hydroxylation is 1. The van der Waals surface area contributed by atoms with Crippen molar-refractivity contribution in [3.8, 4) is 0 Å². The third-order valence-electron chi connectivity index (χ3n) is 3.35. The maximum Gasteiger partial charge on any atom is 0.118 e. The fraction of sp³-hybridized carbons (Fsp3) is 0.733. The second-order valence-electron chi connectivity index (χ2n) is 5.48. The molecule has 0 unspecified atom stereocenters. The summed E-state index contributed by atoms with van der Waals surface area (Å²) in [5.74, 6) is 1.73. The van der Waals surface area contributed by atoms with Gasteiger partial charge in [-0.25, -0.2) is 0 Å². The van der Waals surface area contributed by atoms with Crippen LogP contribution in [0.5, 0.6) is 0 Å². The SMILES string of the molecule is Cc1oc(CN)cc1COCCN(C(C)C)C(C)C. The first-order chi connectivity index (χ1) is 8.95. The number of hydrogen-bond donors (Lipinski definition) is 1. The lowest BCUT2D eigenvalue weighted by molar-refractivity contribution is 0.0694. The lowest BCUT2D eigenvalue weighted by Crippen LogP contribution is -2.39. The molecule has 1 aromatic heterocycles. The zero-order valence-corrected chi connectivity index (χ0v) is 12.9. The van der Waals surface area contributed by atoms with E-state index < -0.39 is 0 Å². The summed E-state index contributed by atoms with van der Waals surface area (Å²) in [7, 11) is 0. The fourth-order valence-corrected chi connectivity index (χ4v) is 2.30. The molecule has 1 heterocycles. The van der Waals surface area contributed by atoms with Crippen LogP contribution in [0.15, 0.2) is 10.5 Å². The van der Waals surface area contributed by atoms with Crippen molar-refractivity contribution in [2.75, 3.05) is 13.2 Å². The molecule has 0 radical (unpaired) electrons. The van der Waals surface area contributed by atoms with E-state index in [1.54, 1.807) is 0 Å². The Morgan fingerprint density at radius 3 is 2.37 bits per heavy atom. The summed E-state index contributed by atoms with van der Waals surface area (Å²) in [6, 6.07) is 3.07. The van der Waals surface area contributed by atoms with Gasteiger partial charge in [-0.05, 0) is 40.7 Å². The largest absolute Gasteiger partial charge is 0.465 e. The van der Waals surface area contributed by atoms with Crippen LogP contribution >= 0.6 is 0 Å². The molecule has 0 bridgehead atoms. The third kappa shape index (κ3) is 4.97. The minimum atomic E-state index is 0.440. The van der Waals surface area contributed by atoms with Gasteiger partial charge in [0.2, 0.25) is 0 Å². The second-order valence-corrected chi connectivity index (χ2v) is 5.48. The van der Waals surface area contributed by atoms with Crippen LogP contribution in [-0.4, -0.2) is 30.1 Å². The van der Waals surface area contributed by atoms with Crippen LogP contribution in [-0.2, 0) is 17.9 Å². The highest BCUT2D eigenvalue weighted by molar-refractivity contribution is 5.19. The van der Waals surface area contributed by atoms with E-state index in [0.717, 1.165) is 30.2 Å². The molecule has 0 saturated carbocycles. The molecular weight excluding hydrogens is 240 g/mol. The predicted octanol–water partition coefficient (Wildman–Crippen LogP) is 2.68. The van der Waals surface area contributed by atoms with Crippen LogP contribution in [0.1, 0.15) is 44.8 Å². The van der Waals surface area contributed by atoms with Gasteiger partial charge in [0, 0.05) is 24.2 Å². The molecule has 110 valence electrons. The maximum atomic E-state index is 5.75. The summed E-state index contributed by atoms with van der Waals surface area (Å²) in [6.45, 7) is 13.5. The molecule has 2 N–H and O–H groups in total. The van der Waals surface area contributed by atoms with Gasteiger partial charge in [0.25, 0.3) is 0 Å². The van der Waals surface area contributed by atoms with E-state index in [4.69, 9.17) is 14.9 Å². The summed E-state index contributed by atoms with van der Waals surface area (Å²) in [5.41, 5.74) is 6.65. The third-order valence-corrected chi connectivity index (χ3v) is 3.35. The van der Waals surface area contributed by atoms with Crippen LogP contribution in [0.3, 0.4) is 0 Å². The van der Waals surface area contributed by atoms with Crippen molar-refractivity contribution >= 4 is 0 Å². The van der Waals surface area contributed by atoms with E-state index in [1.807, 2.05) is 13.0 Å². The minimum Gasteiger partial charge on any atom is -0.465 e. The van der Waals surface area contributed by atoms with Crippen molar-refractivity contribution in [2.45, 2.75) is 59.9 Å². The molecule has 0 saturated heterocycles. The first-order valence-electron chi connectivity index (χ1n) is 7.07. The Bertz CT molecular complexity index is 364. The molecular formula is C15H28N2O2. The Kier molecular flexibility index (Phi) is 6.55. The van der Waals surface area contributed by atoms with Gasteiger partial charge in [-0.1, -0.05) is 0 Å². The molecule has 1 aromatic rings. The molecule has 0 amide bonds. The van der Waals surface area contributed by atoms with E-state index >= 15 is 0 Å². The highest BCUT2D eigenvalue weighted by Gasteiger charge is 2.13. The predicted molar refractivity (Wildman–Crippen MR) is 78.0 cm³/mol. The lowest BCUT2D eigenvalue weighted by atomic mass is 10.2. The average Bonchev–Trinajstić information content (AvgIpc) is 2.69. The van der Waals surface area contributed by atoms with Gasteiger partial charge in [0.1, 0.15) is 11.5 Å². The summed E-state index contributed by atoms with van der Waals surface area (Å²) in [6.07, 6.45) is 0. The molecule has 0 fully saturated rings. The minimum absolute atomic E-state index is 0.440. The monoisotopic (exact) mass is 268 g/mol. The molecule has 4 nitrogen and oxygen atoms in total. The van der Waals surface area contributed by atoms with Crippen LogP contribution < -0.4 is 5.73 Å². The number of nitrogens with zero attached hydrogens (tertiary/aromatic N) is 1. The van der Waals surface area contributed by atoms with Gasteiger partial charge in [0.05, 0.1) is 19.8 Å². The Labute approximate surface area is 116 Å². The molecule has 19 heavy (non-hydrogen) atoms. The topological polar surface area (TPSA) is 51.6 Å². The fourth-order valence-electron chi connectivity index (χ4n) is 2.30. The normalized spacial score (nSPS) is 12.1. The van der Waals surface area contributed by atoms with E-state index in [2.05, 4.69) is 32.6 Å². The first-order valence-corrected chi connectivity index (χ1v) is 7.07. The molecule has 1 rings (SSSR count). The molecule has 0 spiro atoms. The summed E-state index contributed by atoms with van der Waals surface area (Å²) in [5, 5.41) is 0. The molecule has 0 aliphatic rings. The van der Waals surface area contributed by atoms with E-state index in [9.17, 15) is 0 Å². The zero-order valence-electron chi connectivity index (χ0n) is 12.9. The first kappa shape index (κ1) is 16.2. The molecule has 0 aliphatic heterocycles. The Morgan fingerprint density at radius 2 is 1.89 bits per heavy atom. The van der Waals surface area contributed by atoms with Crippen molar-refractivity contribution in [3.05, 3.63) is 23.2 Å². The van der Waals surface area contributed by atoms with Crippen molar-refractivity contribution < 1.29 is 9.15 Å². The zero-order chi connectivity index (χ0) is 14.4. The van der Waals surface area contributed by atoms with Crippen LogP contribution in [0, 0.1) is 6.92 Å². The van der Waals surface area contributed by atoms with Crippen molar-refractivity contribution in [1.29, 1.82) is 0 Å². The molecule has 4 heteroatoms. The Morgan fingerprint density at radius 1 is 1.26 bits per heavy atom. The van der Waals surface area contributed by atoms with Gasteiger partial charge in [-0.15, -0.1) is 0 Å². The lowest BCUT2D eigenvalue weighted by Gasteiger charge is -2.30. The van der Waals surface area contributed by atoms with Gasteiger partial charge >= 0.3 is 0 Å². The van der Waals surface area contributed by atoms with Crippen LogP contribution in [0.2, 0.25) is 0 Å². The second kappa shape index (κ2) is 7.68. The highest BCUT2D eigenvalue weighted by atomic mass is 16.5. The van der Waals surface area contributed by atoms with E-state index in [-0.39, 0.29) is 0 Å². The molecule has 0 aliphatic carbocycles. The standard InChI is InChI=1S/C15H28N2O2/c1-11(2)17(12(3)4)6-7-18-10-14-8-15(9-16)19-13(14)5/h8,11-12H,6-7,9-10,16H2,1-5H3. The summed E-state index contributed by atoms with van der Waals surface area (Å²) < 4.78 is 11.2. The van der Waals surface area contributed by atoms with Crippen LogP contribution in [0.25, 0.3) is 0 Å². The number of rotatable bonds is 8. The quantitative estimate of drug-likeness (QED) is 0.736. The number of ether oxygens (including phenoxy) is 1. The highest BCUT2D eigenvalue weighted by Crippen LogP contribution is 2.15. The summed E-state index contributed by atoms with van der Waals surface area (Å²) in [4.78, 5) is 2.42. The average molecular weight is 268 g/mol. The smallest absolute Gasteiger partial charge is 0.118 e. The van der Waals surface area contributed by atoms with Crippen LogP contribution in [0.4, 0.5) is 0 Å². The van der Waals surface area contributed by atoms with Gasteiger partial charge in [-0.2, -0.15) is 0 Å². The summed E-state index contributed by atoms with van der Waals surface area (Å²) >= 11 is 0. The van der Waals surface area contributed by atoms with Crippen molar-refractivity contribution in [1.82, 2.24) is 4.90 Å². The Balaban J connectivity index is 2.35. The number of hydrogen-bond acceptors (Lipinski definition) is 4. The molecule has 0 atom stereocenters.